The van der Waals surface area contributed by atoms with Crippen LogP contribution in [0, 0.1) is 0 Å². The fourth-order valence-corrected chi connectivity index (χ4v) is 7.98. The van der Waals surface area contributed by atoms with Gasteiger partial charge in [0.05, 0.1) is 34.4 Å². The second-order valence-electron chi connectivity index (χ2n) is 18.9. The highest BCUT2D eigenvalue weighted by Crippen LogP contribution is 2.38. The van der Waals surface area contributed by atoms with E-state index in [4.69, 9.17) is 18.5 Å². The molecule has 0 fully saturated rings. The lowest BCUT2D eigenvalue weighted by atomic mass is 10.1. The van der Waals surface area contributed by atoms with Crippen LogP contribution in [0.3, 0.4) is 0 Å². The Balaban J connectivity index is 4.15. The van der Waals surface area contributed by atoms with Crippen molar-refractivity contribution in [3.05, 3.63) is 48.6 Å². The van der Waals surface area contributed by atoms with Gasteiger partial charge in [0, 0.05) is 13.0 Å². The Bertz CT molecular complexity index is 1150. The summed E-state index contributed by atoms with van der Waals surface area (Å²) in [5, 5.41) is 0. The largest absolute Gasteiger partial charge is 0.756 e. The van der Waals surface area contributed by atoms with Crippen LogP contribution in [0.2, 0.25) is 0 Å². The molecule has 63 heavy (non-hydrogen) atoms. The van der Waals surface area contributed by atoms with E-state index in [2.05, 4.69) is 62.5 Å². The van der Waals surface area contributed by atoms with Crippen molar-refractivity contribution in [2.24, 2.45) is 0 Å². The maximum Gasteiger partial charge on any atom is 0.306 e. The molecule has 9 heteroatoms. The number of hydrogen-bond donors (Lipinski definition) is 0. The third-order valence-corrected chi connectivity index (χ3v) is 12.3. The van der Waals surface area contributed by atoms with Crippen LogP contribution < -0.4 is 4.89 Å². The molecule has 0 aromatic heterocycles. The first-order valence-corrected chi connectivity index (χ1v) is 27.8. The number of likely N-dealkylation sites (N-methyl/N-ethyl adjacent to an activating group) is 1. The van der Waals surface area contributed by atoms with Crippen molar-refractivity contribution in [2.75, 3.05) is 54.1 Å². The molecule has 0 spiro atoms. The van der Waals surface area contributed by atoms with Gasteiger partial charge in [-0.2, -0.15) is 0 Å². The Kier molecular flexibility index (Phi) is 45.8. The van der Waals surface area contributed by atoms with Gasteiger partial charge >= 0.3 is 5.97 Å². The molecular weight excluding hydrogens is 806 g/mol. The van der Waals surface area contributed by atoms with E-state index in [9.17, 15) is 14.3 Å². The Hall–Kier alpha value is -1.54. The van der Waals surface area contributed by atoms with Crippen LogP contribution >= 0.6 is 7.82 Å². The Labute approximate surface area is 390 Å². The highest BCUT2D eigenvalue weighted by atomic mass is 31.2. The summed E-state index contributed by atoms with van der Waals surface area (Å²) in [5.41, 5.74) is 0. The molecule has 0 heterocycles. The molecule has 0 rings (SSSR count). The smallest absolute Gasteiger partial charge is 0.306 e. The predicted molar refractivity (Wildman–Crippen MR) is 268 cm³/mol. The topological polar surface area (TPSA) is 94.1 Å². The molecule has 0 aliphatic rings. The van der Waals surface area contributed by atoms with E-state index < -0.39 is 13.9 Å². The Morgan fingerprint density at radius 3 is 1.35 bits per heavy atom. The van der Waals surface area contributed by atoms with Gasteiger partial charge in [0.15, 0.2) is 0 Å². The molecule has 0 N–H and O–H groups in total. The molecule has 0 amide bonds. The lowest BCUT2D eigenvalue weighted by Crippen LogP contribution is -2.37. The highest BCUT2D eigenvalue weighted by molar-refractivity contribution is 7.45. The van der Waals surface area contributed by atoms with E-state index in [-0.39, 0.29) is 25.8 Å². The Morgan fingerprint density at radius 1 is 0.492 bits per heavy atom. The summed E-state index contributed by atoms with van der Waals surface area (Å²) in [6.07, 6.45) is 58.5. The van der Waals surface area contributed by atoms with Crippen LogP contribution in [0.1, 0.15) is 232 Å². The molecule has 0 bridgehead atoms. The fraction of sp³-hybridized carbons (Fsp3) is 0.833. The van der Waals surface area contributed by atoms with Gasteiger partial charge in [-0.05, 0) is 77.0 Å². The lowest BCUT2D eigenvalue weighted by molar-refractivity contribution is -0.870. The van der Waals surface area contributed by atoms with Gasteiger partial charge in [-0.15, -0.1) is 0 Å². The molecule has 0 aromatic carbocycles. The summed E-state index contributed by atoms with van der Waals surface area (Å²) < 4.78 is 34.8. The summed E-state index contributed by atoms with van der Waals surface area (Å²) in [4.78, 5) is 25.2. The average molecular weight is 908 g/mol. The third-order valence-electron chi connectivity index (χ3n) is 11.4. The van der Waals surface area contributed by atoms with Gasteiger partial charge in [0.1, 0.15) is 19.3 Å². The van der Waals surface area contributed by atoms with E-state index in [1.807, 2.05) is 21.1 Å². The minimum atomic E-state index is -4.54. The van der Waals surface area contributed by atoms with E-state index in [1.165, 1.54) is 161 Å². The number of phosphoric acid groups is 1. The van der Waals surface area contributed by atoms with Crippen molar-refractivity contribution in [3.63, 3.8) is 0 Å². The first-order valence-electron chi connectivity index (χ1n) is 26.4. The minimum absolute atomic E-state index is 0.0227. The molecule has 0 aromatic rings. The first-order chi connectivity index (χ1) is 30.6. The number of carbonyl (C=O) groups is 1. The number of nitrogens with zero attached hydrogens (tertiary/aromatic N) is 1. The zero-order valence-corrected chi connectivity index (χ0v) is 42.9. The van der Waals surface area contributed by atoms with Crippen molar-refractivity contribution >= 4 is 13.8 Å². The molecule has 0 aliphatic heterocycles. The van der Waals surface area contributed by atoms with Gasteiger partial charge in [0.2, 0.25) is 0 Å². The average Bonchev–Trinajstić information content (AvgIpc) is 3.24. The summed E-state index contributed by atoms with van der Waals surface area (Å²) in [7, 11) is 1.35. The summed E-state index contributed by atoms with van der Waals surface area (Å²) in [6.45, 7) is 5.38. The molecule has 370 valence electrons. The van der Waals surface area contributed by atoms with Crippen LogP contribution in [0.15, 0.2) is 48.6 Å². The number of allylic oxidation sites excluding steroid dienone is 8. The SMILES string of the molecule is CCCCC/C=C\C/C=C\C/C=C\CCCCCCCCCOCC(COP(=O)([O-])OCC[N+](C)(C)C)OC(=O)CCCCCCCCCCC/C=C\CCCCCCCCCC. The van der Waals surface area contributed by atoms with Crippen LogP contribution in [-0.4, -0.2) is 70.7 Å². The maximum absolute atomic E-state index is 12.8. The number of rotatable bonds is 49. The van der Waals surface area contributed by atoms with Crippen LogP contribution in [0.4, 0.5) is 0 Å². The highest BCUT2D eigenvalue weighted by Gasteiger charge is 2.20. The molecule has 8 nitrogen and oxygen atoms in total. The number of phosphoric ester groups is 1. The summed E-state index contributed by atoms with van der Waals surface area (Å²) in [5.74, 6) is -0.338. The number of quaternary nitrogens is 1. The number of hydrogen-bond acceptors (Lipinski definition) is 7. The monoisotopic (exact) mass is 908 g/mol. The van der Waals surface area contributed by atoms with Crippen molar-refractivity contribution in [1.82, 2.24) is 0 Å². The fourth-order valence-electron chi connectivity index (χ4n) is 7.25. The van der Waals surface area contributed by atoms with E-state index in [1.54, 1.807) is 0 Å². The molecule has 0 saturated carbocycles. The number of ether oxygens (including phenoxy) is 2. The van der Waals surface area contributed by atoms with Crippen molar-refractivity contribution < 1.29 is 37.3 Å². The molecular formula is C54H102NO7P. The van der Waals surface area contributed by atoms with E-state index >= 15 is 0 Å². The standard InChI is InChI=1S/C54H102NO7P/c1-6-8-10-12-14-16-18-20-22-24-26-28-29-31-33-35-37-39-41-43-45-47-54(56)62-53(52-61-63(57,58)60-50-48-55(3,4)5)51-59-49-46-44-42-40-38-36-34-32-30-27-25-23-21-19-17-15-13-11-9-7-2/h15,17,21,23-24,26-27,30,53H,6-14,16,18-20,22,25,28-29,31-52H2,1-5H3/b17-15-,23-21-,26-24-,30-27-. The van der Waals surface area contributed by atoms with Crippen LogP contribution in [0.5, 0.6) is 0 Å². The van der Waals surface area contributed by atoms with Crippen LogP contribution in [0.25, 0.3) is 0 Å². The zero-order valence-electron chi connectivity index (χ0n) is 42.0. The number of esters is 1. The van der Waals surface area contributed by atoms with E-state index in [0.717, 1.165) is 51.4 Å². The normalized spacial score (nSPS) is 13.9. The van der Waals surface area contributed by atoms with Crippen molar-refractivity contribution in [2.45, 2.75) is 238 Å². The Morgan fingerprint density at radius 2 is 0.873 bits per heavy atom. The first kappa shape index (κ1) is 61.5. The second kappa shape index (κ2) is 47.0. The van der Waals surface area contributed by atoms with Gasteiger partial charge in [-0.1, -0.05) is 197 Å². The number of unbranched alkanes of at least 4 members (excludes halogenated alkanes) is 27. The van der Waals surface area contributed by atoms with Gasteiger partial charge < -0.3 is 27.9 Å². The summed E-state index contributed by atoms with van der Waals surface area (Å²) in [6, 6.07) is 0. The molecule has 2 atom stereocenters. The molecule has 0 saturated heterocycles. The van der Waals surface area contributed by atoms with Gasteiger partial charge in [-0.3, -0.25) is 9.36 Å². The number of carbonyl (C=O) groups excluding carboxylic acids is 1. The lowest BCUT2D eigenvalue weighted by Gasteiger charge is -2.28. The van der Waals surface area contributed by atoms with Crippen molar-refractivity contribution in [1.29, 1.82) is 0 Å². The zero-order chi connectivity index (χ0) is 46.2. The maximum atomic E-state index is 12.8. The third kappa shape index (κ3) is 51.3. The van der Waals surface area contributed by atoms with E-state index in [0.29, 0.717) is 24.1 Å². The second-order valence-corrected chi connectivity index (χ2v) is 20.3. The van der Waals surface area contributed by atoms with Crippen LogP contribution in [-0.2, 0) is 27.9 Å². The summed E-state index contributed by atoms with van der Waals surface area (Å²) >= 11 is 0. The van der Waals surface area contributed by atoms with Gasteiger partial charge in [-0.25, -0.2) is 0 Å². The quantitative estimate of drug-likeness (QED) is 0.0197. The molecule has 0 aliphatic carbocycles. The predicted octanol–water partition coefficient (Wildman–Crippen LogP) is 15.7. The van der Waals surface area contributed by atoms with Gasteiger partial charge in [0.25, 0.3) is 7.82 Å². The molecule has 0 radical (unpaired) electrons. The molecule has 2 unspecified atom stereocenters. The van der Waals surface area contributed by atoms with Crippen molar-refractivity contribution in [3.8, 4) is 0 Å². The minimum Gasteiger partial charge on any atom is -0.756 e.